The number of fused-ring (bicyclic) bond motifs is 2. The van der Waals surface area contributed by atoms with Crippen LogP contribution in [0.5, 0.6) is 0 Å². The minimum absolute atomic E-state index is 1.10. The molecular weight excluding hydrogens is 316 g/mol. The van der Waals surface area contributed by atoms with Gasteiger partial charge in [-0.25, -0.2) is 0 Å². The first kappa shape index (κ1) is 14.8. The van der Waals surface area contributed by atoms with Crippen LogP contribution in [0.15, 0.2) is 97.1 Å². The predicted octanol–water partition coefficient (Wildman–Crippen LogP) is 6.82. The highest BCUT2D eigenvalue weighted by Crippen LogP contribution is 2.47. The Labute approximate surface area is 153 Å². The molecule has 0 unspecified atom stereocenters. The lowest BCUT2D eigenvalue weighted by Crippen LogP contribution is -2.08. The number of rotatable bonds is 2. The molecule has 4 aromatic rings. The molecule has 1 heterocycles. The van der Waals surface area contributed by atoms with Gasteiger partial charge >= 0.3 is 0 Å². The first-order valence-corrected chi connectivity index (χ1v) is 8.81. The van der Waals surface area contributed by atoms with Crippen LogP contribution in [0.1, 0.15) is 0 Å². The normalized spacial score (nSPS) is 11.7. The molecule has 2 nitrogen and oxygen atoms in total. The van der Waals surface area contributed by atoms with E-state index in [1.54, 1.807) is 0 Å². The highest BCUT2D eigenvalue weighted by Gasteiger charge is 2.21. The van der Waals surface area contributed by atoms with Crippen LogP contribution in [0.4, 0.5) is 22.7 Å². The molecule has 4 aromatic carbocycles. The lowest BCUT2D eigenvalue weighted by molar-refractivity contribution is 1.44. The smallest absolute Gasteiger partial charge is 0.0710 e. The predicted molar refractivity (Wildman–Crippen MR) is 110 cm³/mol. The highest BCUT2D eigenvalue weighted by atomic mass is 15.0. The first-order valence-electron chi connectivity index (χ1n) is 8.81. The van der Waals surface area contributed by atoms with Crippen molar-refractivity contribution in [2.75, 3.05) is 10.6 Å². The van der Waals surface area contributed by atoms with Crippen molar-refractivity contribution < 1.29 is 0 Å². The SMILES string of the molecule is c1ccc(-c2ccc3c(c2-c2ccccc2)Nc2ccccc2N3)cc1. The fraction of sp³-hybridized carbons (Fsp3) is 0. The van der Waals surface area contributed by atoms with Gasteiger partial charge in [0.15, 0.2) is 0 Å². The molecule has 0 aliphatic carbocycles. The van der Waals surface area contributed by atoms with Crippen molar-refractivity contribution in [1.82, 2.24) is 0 Å². The summed E-state index contributed by atoms with van der Waals surface area (Å²) in [5.41, 5.74) is 9.29. The third-order valence-electron chi connectivity index (χ3n) is 4.81. The van der Waals surface area contributed by atoms with Crippen LogP contribution in [-0.2, 0) is 0 Å². The average molecular weight is 334 g/mol. The van der Waals surface area contributed by atoms with Crippen LogP contribution < -0.4 is 10.6 Å². The van der Waals surface area contributed by atoms with E-state index >= 15 is 0 Å². The Balaban J connectivity index is 1.77. The summed E-state index contributed by atoms with van der Waals surface area (Å²) in [6.45, 7) is 0. The molecule has 0 saturated heterocycles. The zero-order valence-corrected chi connectivity index (χ0v) is 14.2. The third kappa shape index (κ3) is 2.44. The van der Waals surface area contributed by atoms with E-state index in [0.29, 0.717) is 0 Å². The van der Waals surface area contributed by atoms with Gasteiger partial charge in [0, 0.05) is 5.56 Å². The molecule has 2 heteroatoms. The molecule has 0 radical (unpaired) electrons. The van der Waals surface area contributed by atoms with Crippen LogP contribution in [0.2, 0.25) is 0 Å². The van der Waals surface area contributed by atoms with Crippen molar-refractivity contribution in [3.05, 3.63) is 97.1 Å². The fourth-order valence-electron chi connectivity index (χ4n) is 3.58. The van der Waals surface area contributed by atoms with Gasteiger partial charge in [-0.15, -0.1) is 0 Å². The molecule has 26 heavy (non-hydrogen) atoms. The molecule has 5 rings (SSSR count). The molecule has 2 N–H and O–H groups in total. The summed E-state index contributed by atoms with van der Waals surface area (Å²) in [4.78, 5) is 0. The Kier molecular flexibility index (Phi) is 3.46. The Morgan fingerprint density at radius 3 is 1.69 bits per heavy atom. The maximum atomic E-state index is 3.66. The Morgan fingerprint density at radius 2 is 1.00 bits per heavy atom. The van der Waals surface area contributed by atoms with Gasteiger partial charge in [0.25, 0.3) is 0 Å². The third-order valence-corrected chi connectivity index (χ3v) is 4.81. The summed E-state index contributed by atoms with van der Waals surface area (Å²) in [5.74, 6) is 0. The second kappa shape index (κ2) is 6.08. The van der Waals surface area contributed by atoms with E-state index in [1.165, 1.54) is 22.3 Å². The summed E-state index contributed by atoms with van der Waals surface area (Å²) in [6.07, 6.45) is 0. The van der Waals surface area contributed by atoms with Crippen molar-refractivity contribution in [1.29, 1.82) is 0 Å². The zero-order chi connectivity index (χ0) is 17.3. The van der Waals surface area contributed by atoms with E-state index in [-0.39, 0.29) is 0 Å². The Hall–Kier alpha value is -3.52. The molecule has 1 aliphatic heterocycles. The van der Waals surface area contributed by atoms with Gasteiger partial charge in [-0.05, 0) is 34.9 Å². The van der Waals surface area contributed by atoms with Crippen molar-refractivity contribution in [3.8, 4) is 22.3 Å². The number of hydrogen-bond donors (Lipinski definition) is 2. The van der Waals surface area contributed by atoms with Crippen molar-refractivity contribution in [2.24, 2.45) is 0 Å². The summed E-state index contributed by atoms with van der Waals surface area (Å²) >= 11 is 0. The highest BCUT2D eigenvalue weighted by molar-refractivity contribution is 6.03. The standard InChI is InChI=1S/C24H18N2/c1-3-9-17(10-4-1)19-15-16-22-24(23(19)18-11-5-2-6-12-18)26-21-14-8-7-13-20(21)25-22/h1-16,25-26H. The molecule has 0 atom stereocenters. The first-order chi connectivity index (χ1) is 12.9. The molecule has 0 spiro atoms. The number of anilines is 4. The molecule has 0 saturated carbocycles. The lowest BCUT2D eigenvalue weighted by atomic mass is 9.91. The molecule has 0 bridgehead atoms. The van der Waals surface area contributed by atoms with Crippen LogP contribution in [0, 0.1) is 0 Å². The van der Waals surface area contributed by atoms with Gasteiger partial charge in [0.05, 0.1) is 22.7 Å². The fourth-order valence-corrected chi connectivity index (χ4v) is 3.58. The van der Waals surface area contributed by atoms with Gasteiger partial charge in [0.2, 0.25) is 0 Å². The molecule has 0 fully saturated rings. The number of nitrogens with one attached hydrogen (secondary N) is 2. The van der Waals surface area contributed by atoms with Gasteiger partial charge in [0.1, 0.15) is 0 Å². The summed E-state index contributed by atoms with van der Waals surface area (Å²) in [6, 6.07) is 33.8. The number of benzene rings is 4. The minimum atomic E-state index is 1.10. The van der Waals surface area contributed by atoms with E-state index in [4.69, 9.17) is 0 Å². The second-order valence-electron chi connectivity index (χ2n) is 6.44. The summed E-state index contributed by atoms with van der Waals surface area (Å²) in [7, 11) is 0. The molecule has 1 aliphatic rings. The number of hydrogen-bond acceptors (Lipinski definition) is 2. The van der Waals surface area contributed by atoms with Gasteiger partial charge in [-0.1, -0.05) is 78.9 Å². The molecule has 0 aromatic heterocycles. The van der Waals surface area contributed by atoms with E-state index in [1.807, 2.05) is 0 Å². The van der Waals surface area contributed by atoms with Gasteiger partial charge < -0.3 is 10.6 Å². The van der Waals surface area contributed by atoms with Crippen LogP contribution >= 0.6 is 0 Å². The second-order valence-corrected chi connectivity index (χ2v) is 6.44. The largest absolute Gasteiger partial charge is 0.352 e. The van der Waals surface area contributed by atoms with E-state index in [9.17, 15) is 0 Å². The molecule has 124 valence electrons. The van der Waals surface area contributed by atoms with Crippen molar-refractivity contribution in [2.45, 2.75) is 0 Å². The van der Waals surface area contributed by atoms with Gasteiger partial charge in [-0.2, -0.15) is 0 Å². The summed E-state index contributed by atoms with van der Waals surface area (Å²) in [5, 5.41) is 7.22. The van der Waals surface area contributed by atoms with Crippen molar-refractivity contribution in [3.63, 3.8) is 0 Å². The lowest BCUT2D eigenvalue weighted by Gasteiger charge is -2.27. The van der Waals surface area contributed by atoms with E-state index in [0.717, 1.165) is 22.7 Å². The maximum Gasteiger partial charge on any atom is 0.0710 e. The van der Waals surface area contributed by atoms with Crippen LogP contribution in [-0.4, -0.2) is 0 Å². The van der Waals surface area contributed by atoms with E-state index < -0.39 is 0 Å². The van der Waals surface area contributed by atoms with Crippen molar-refractivity contribution >= 4 is 22.7 Å². The van der Waals surface area contributed by atoms with Crippen LogP contribution in [0.3, 0.4) is 0 Å². The topological polar surface area (TPSA) is 24.1 Å². The Bertz CT molecular complexity index is 1070. The Morgan fingerprint density at radius 1 is 0.423 bits per heavy atom. The number of para-hydroxylation sites is 2. The minimum Gasteiger partial charge on any atom is -0.352 e. The quantitative estimate of drug-likeness (QED) is 0.370. The molecule has 0 amide bonds. The van der Waals surface area contributed by atoms with E-state index in [2.05, 4.69) is 108 Å². The average Bonchev–Trinajstić information content (AvgIpc) is 2.72. The van der Waals surface area contributed by atoms with Crippen LogP contribution in [0.25, 0.3) is 22.3 Å². The zero-order valence-electron chi connectivity index (χ0n) is 14.2. The monoisotopic (exact) mass is 334 g/mol. The van der Waals surface area contributed by atoms with Gasteiger partial charge in [-0.3, -0.25) is 0 Å². The summed E-state index contributed by atoms with van der Waals surface area (Å²) < 4.78 is 0. The molecular formula is C24H18N2. The maximum absolute atomic E-state index is 3.66.